The standard InChI is InChI=1S/C13H13NO2S/c1-9(2)7-16-11-5-3-10(4-6-11)12-8-17-13(15)14-12/h3-6,8H,1,7H2,2H3,(H,14,15). The minimum Gasteiger partial charge on any atom is -0.489 e. The summed E-state index contributed by atoms with van der Waals surface area (Å²) in [5.74, 6) is 0.800. The van der Waals surface area contributed by atoms with Crippen LogP contribution in [0.3, 0.4) is 0 Å². The maximum Gasteiger partial charge on any atom is 0.304 e. The van der Waals surface area contributed by atoms with Crippen molar-refractivity contribution in [3.8, 4) is 17.0 Å². The van der Waals surface area contributed by atoms with Crippen molar-refractivity contribution in [2.75, 3.05) is 6.61 Å². The molecule has 0 atom stereocenters. The van der Waals surface area contributed by atoms with Crippen molar-refractivity contribution >= 4 is 11.3 Å². The molecule has 1 aromatic carbocycles. The molecule has 2 aromatic rings. The van der Waals surface area contributed by atoms with Gasteiger partial charge in [0, 0.05) is 5.38 Å². The number of benzene rings is 1. The van der Waals surface area contributed by atoms with Gasteiger partial charge in [-0.25, -0.2) is 0 Å². The summed E-state index contributed by atoms with van der Waals surface area (Å²) < 4.78 is 5.49. The SMILES string of the molecule is C=C(C)COc1ccc(-c2csc(=O)[nH]2)cc1. The predicted molar refractivity (Wildman–Crippen MR) is 70.7 cm³/mol. The van der Waals surface area contributed by atoms with Crippen LogP contribution in [0.25, 0.3) is 11.3 Å². The first-order valence-corrected chi connectivity index (χ1v) is 6.08. The molecular weight excluding hydrogens is 234 g/mol. The van der Waals surface area contributed by atoms with Gasteiger partial charge in [-0.1, -0.05) is 17.9 Å². The van der Waals surface area contributed by atoms with Gasteiger partial charge in [-0.05, 0) is 42.3 Å². The smallest absolute Gasteiger partial charge is 0.304 e. The average Bonchev–Trinajstić information content (AvgIpc) is 2.74. The number of aromatic amines is 1. The van der Waals surface area contributed by atoms with Crippen molar-refractivity contribution in [1.82, 2.24) is 4.98 Å². The van der Waals surface area contributed by atoms with Crippen LogP contribution >= 0.6 is 11.3 Å². The minimum absolute atomic E-state index is 0.0393. The first-order chi connectivity index (χ1) is 8.15. The summed E-state index contributed by atoms with van der Waals surface area (Å²) in [4.78, 5) is 13.8. The molecule has 0 fully saturated rings. The van der Waals surface area contributed by atoms with E-state index in [1.165, 1.54) is 0 Å². The fourth-order valence-corrected chi connectivity index (χ4v) is 1.95. The molecule has 0 unspecified atom stereocenters. The van der Waals surface area contributed by atoms with Gasteiger partial charge >= 0.3 is 4.87 Å². The van der Waals surface area contributed by atoms with Crippen LogP contribution in [0.1, 0.15) is 6.92 Å². The lowest BCUT2D eigenvalue weighted by Crippen LogP contribution is -1.97. The molecule has 2 rings (SSSR count). The van der Waals surface area contributed by atoms with Crippen molar-refractivity contribution in [3.05, 3.63) is 51.5 Å². The second kappa shape index (κ2) is 5.01. The molecule has 4 heteroatoms. The van der Waals surface area contributed by atoms with E-state index in [0.29, 0.717) is 6.61 Å². The van der Waals surface area contributed by atoms with Gasteiger partial charge in [0.15, 0.2) is 0 Å². The van der Waals surface area contributed by atoms with Crippen molar-refractivity contribution in [3.63, 3.8) is 0 Å². The van der Waals surface area contributed by atoms with E-state index in [-0.39, 0.29) is 4.87 Å². The van der Waals surface area contributed by atoms with Crippen LogP contribution in [0, 0.1) is 0 Å². The fraction of sp³-hybridized carbons (Fsp3) is 0.154. The van der Waals surface area contributed by atoms with Crippen LogP contribution in [0.2, 0.25) is 0 Å². The lowest BCUT2D eigenvalue weighted by atomic mass is 10.2. The lowest BCUT2D eigenvalue weighted by molar-refractivity contribution is 0.353. The van der Waals surface area contributed by atoms with Gasteiger partial charge in [0.25, 0.3) is 0 Å². The summed E-state index contributed by atoms with van der Waals surface area (Å²) in [7, 11) is 0. The molecule has 0 radical (unpaired) electrons. The number of rotatable bonds is 4. The molecule has 0 spiro atoms. The Labute approximate surface area is 103 Å². The molecule has 0 bridgehead atoms. The minimum atomic E-state index is -0.0393. The summed E-state index contributed by atoms with van der Waals surface area (Å²) in [6.45, 7) is 6.22. The van der Waals surface area contributed by atoms with Gasteiger partial charge in [-0.2, -0.15) is 0 Å². The fourth-order valence-electron chi connectivity index (χ4n) is 1.36. The Balaban J connectivity index is 2.13. The first kappa shape index (κ1) is 11.7. The maximum atomic E-state index is 11.0. The van der Waals surface area contributed by atoms with Gasteiger partial charge in [-0.3, -0.25) is 4.79 Å². The van der Waals surface area contributed by atoms with E-state index in [1.54, 1.807) is 0 Å². The highest BCUT2D eigenvalue weighted by Crippen LogP contribution is 2.21. The number of aromatic nitrogens is 1. The van der Waals surface area contributed by atoms with E-state index in [1.807, 2.05) is 36.6 Å². The molecule has 0 aliphatic heterocycles. The summed E-state index contributed by atoms with van der Waals surface area (Å²) in [5.41, 5.74) is 2.80. The Morgan fingerprint density at radius 3 is 2.65 bits per heavy atom. The number of hydrogen-bond donors (Lipinski definition) is 1. The Hall–Kier alpha value is -1.81. The van der Waals surface area contributed by atoms with Crippen LogP contribution in [0.15, 0.2) is 46.6 Å². The molecule has 88 valence electrons. The third-order valence-electron chi connectivity index (χ3n) is 2.17. The van der Waals surface area contributed by atoms with Crippen molar-refractivity contribution in [2.45, 2.75) is 6.92 Å². The van der Waals surface area contributed by atoms with Crippen LogP contribution in [-0.2, 0) is 0 Å². The second-order valence-corrected chi connectivity index (χ2v) is 4.67. The lowest BCUT2D eigenvalue weighted by Gasteiger charge is -2.06. The number of thiazole rings is 1. The summed E-state index contributed by atoms with van der Waals surface area (Å²) in [6.07, 6.45) is 0. The van der Waals surface area contributed by atoms with Crippen molar-refractivity contribution in [2.24, 2.45) is 0 Å². The summed E-state index contributed by atoms with van der Waals surface area (Å²) in [5, 5.41) is 1.81. The third-order valence-corrected chi connectivity index (χ3v) is 2.84. The van der Waals surface area contributed by atoms with E-state index in [0.717, 1.165) is 33.9 Å². The van der Waals surface area contributed by atoms with Crippen LogP contribution in [0.5, 0.6) is 5.75 Å². The largest absolute Gasteiger partial charge is 0.489 e. The number of H-pyrrole nitrogens is 1. The van der Waals surface area contributed by atoms with E-state index in [9.17, 15) is 4.79 Å². The van der Waals surface area contributed by atoms with Crippen molar-refractivity contribution in [1.29, 1.82) is 0 Å². The summed E-state index contributed by atoms with van der Waals surface area (Å²) in [6, 6.07) is 7.61. The molecule has 1 heterocycles. The Bertz CT molecular complexity index is 566. The molecule has 0 aliphatic carbocycles. The van der Waals surface area contributed by atoms with Crippen molar-refractivity contribution < 1.29 is 4.74 Å². The zero-order chi connectivity index (χ0) is 12.3. The van der Waals surface area contributed by atoms with Crippen LogP contribution < -0.4 is 9.61 Å². The molecule has 0 amide bonds. The molecule has 1 aromatic heterocycles. The average molecular weight is 247 g/mol. The van der Waals surface area contributed by atoms with Crippen LogP contribution in [0.4, 0.5) is 0 Å². The van der Waals surface area contributed by atoms with Gasteiger partial charge < -0.3 is 9.72 Å². The Kier molecular flexibility index (Phi) is 3.44. The van der Waals surface area contributed by atoms with E-state index in [2.05, 4.69) is 11.6 Å². The maximum absolute atomic E-state index is 11.0. The summed E-state index contributed by atoms with van der Waals surface area (Å²) >= 11 is 1.16. The number of ether oxygens (including phenoxy) is 1. The quantitative estimate of drug-likeness (QED) is 0.844. The zero-order valence-electron chi connectivity index (χ0n) is 9.53. The van der Waals surface area contributed by atoms with Gasteiger partial charge in [0.2, 0.25) is 0 Å². The molecular formula is C13H13NO2S. The number of nitrogens with one attached hydrogen (secondary N) is 1. The van der Waals surface area contributed by atoms with Crippen LogP contribution in [-0.4, -0.2) is 11.6 Å². The van der Waals surface area contributed by atoms with E-state index >= 15 is 0 Å². The second-order valence-electron chi connectivity index (χ2n) is 3.83. The molecule has 1 N–H and O–H groups in total. The third kappa shape index (κ3) is 3.07. The Morgan fingerprint density at radius 1 is 1.41 bits per heavy atom. The predicted octanol–water partition coefficient (Wildman–Crippen LogP) is 3.06. The molecule has 3 nitrogen and oxygen atoms in total. The monoisotopic (exact) mass is 247 g/mol. The zero-order valence-corrected chi connectivity index (χ0v) is 10.3. The molecule has 0 saturated carbocycles. The van der Waals surface area contributed by atoms with Gasteiger partial charge in [-0.15, -0.1) is 0 Å². The van der Waals surface area contributed by atoms with Gasteiger partial charge in [0.05, 0.1) is 5.69 Å². The van der Waals surface area contributed by atoms with Gasteiger partial charge in [0.1, 0.15) is 12.4 Å². The highest BCUT2D eigenvalue weighted by Gasteiger charge is 2.01. The highest BCUT2D eigenvalue weighted by molar-refractivity contribution is 7.07. The number of hydrogen-bond acceptors (Lipinski definition) is 3. The first-order valence-electron chi connectivity index (χ1n) is 5.20. The van der Waals surface area contributed by atoms with E-state index in [4.69, 9.17) is 4.74 Å². The normalized spacial score (nSPS) is 10.2. The Morgan fingerprint density at radius 2 is 2.12 bits per heavy atom. The molecule has 0 aliphatic rings. The molecule has 0 saturated heterocycles. The topological polar surface area (TPSA) is 42.1 Å². The molecule has 17 heavy (non-hydrogen) atoms. The highest BCUT2D eigenvalue weighted by atomic mass is 32.1. The van der Waals surface area contributed by atoms with E-state index < -0.39 is 0 Å².